The van der Waals surface area contributed by atoms with Gasteiger partial charge in [0.1, 0.15) is 5.75 Å². The summed E-state index contributed by atoms with van der Waals surface area (Å²) < 4.78 is 5.70. The van der Waals surface area contributed by atoms with Crippen molar-refractivity contribution >= 4 is 5.91 Å². The van der Waals surface area contributed by atoms with E-state index in [0.29, 0.717) is 18.7 Å². The number of nitrogens with zero attached hydrogens (tertiary/aromatic N) is 1. The normalized spacial score (nSPS) is 27.0. The van der Waals surface area contributed by atoms with Gasteiger partial charge in [0, 0.05) is 12.1 Å². The first kappa shape index (κ1) is 11.5. The van der Waals surface area contributed by atoms with E-state index < -0.39 is 0 Å². The molecule has 96 valence electrons. The van der Waals surface area contributed by atoms with Gasteiger partial charge in [0.25, 0.3) is 5.91 Å². The predicted molar refractivity (Wildman–Crippen MR) is 66.5 cm³/mol. The third-order valence-corrected chi connectivity index (χ3v) is 3.86. The highest BCUT2D eigenvalue weighted by atomic mass is 16.5. The number of ether oxygens (including phenoxy) is 1. The molecule has 1 saturated heterocycles. The Balaban J connectivity index is 1.81. The SMILES string of the molecule is O=C(c1ccc(O)cc1)N1CCOC2CCCC21. The zero-order valence-corrected chi connectivity index (χ0v) is 10.2. The fourth-order valence-electron chi connectivity index (χ4n) is 2.95. The summed E-state index contributed by atoms with van der Waals surface area (Å²) >= 11 is 0. The number of hydrogen-bond donors (Lipinski definition) is 1. The summed E-state index contributed by atoms with van der Waals surface area (Å²) in [6.07, 6.45) is 3.45. The standard InChI is InChI=1S/C14H17NO3/c16-11-6-4-10(5-7-11)14(17)15-8-9-18-13-3-1-2-12(13)15/h4-7,12-13,16H,1-3,8-9H2. The summed E-state index contributed by atoms with van der Waals surface area (Å²) in [5, 5.41) is 9.25. The van der Waals surface area contributed by atoms with E-state index in [4.69, 9.17) is 4.74 Å². The van der Waals surface area contributed by atoms with Crippen LogP contribution < -0.4 is 0 Å². The Labute approximate surface area is 106 Å². The Morgan fingerprint density at radius 3 is 2.83 bits per heavy atom. The molecular formula is C14H17NO3. The number of benzene rings is 1. The van der Waals surface area contributed by atoms with Crippen molar-refractivity contribution in [2.45, 2.75) is 31.4 Å². The van der Waals surface area contributed by atoms with Gasteiger partial charge in [-0.1, -0.05) is 0 Å². The summed E-state index contributed by atoms with van der Waals surface area (Å²) in [5.41, 5.74) is 0.639. The number of morpholine rings is 1. The van der Waals surface area contributed by atoms with E-state index in [1.165, 1.54) is 0 Å². The van der Waals surface area contributed by atoms with Gasteiger partial charge in [0.05, 0.1) is 18.8 Å². The highest BCUT2D eigenvalue weighted by Crippen LogP contribution is 2.30. The molecule has 1 aromatic rings. The highest BCUT2D eigenvalue weighted by Gasteiger charge is 2.38. The second-order valence-corrected chi connectivity index (χ2v) is 4.95. The number of carbonyl (C=O) groups is 1. The molecule has 2 atom stereocenters. The number of fused-ring (bicyclic) bond motifs is 1. The third-order valence-electron chi connectivity index (χ3n) is 3.86. The fraction of sp³-hybridized carbons (Fsp3) is 0.500. The van der Waals surface area contributed by atoms with Crippen LogP contribution >= 0.6 is 0 Å². The molecule has 1 aromatic carbocycles. The molecule has 3 rings (SSSR count). The van der Waals surface area contributed by atoms with Crippen LogP contribution in [-0.2, 0) is 4.74 Å². The maximum Gasteiger partial charge on any atom is 0.254 e. The van der Waals surface area contributed by atoms with Gasteiger partial charge in [0.15, 0.2) is 0 Å². The van der Waals surface area contributed by atoms with Crippen LogP contribution in [0.25, 0.3) is 0 Å². The molecule has 2 aliphatic rings. The molecule has 1 aliphatic carbocycles. The molecule has 1 saturated carbocycles. The smallest absolute Gasteiger partial charge is 0.254 e. The second-order valence-electron chi connectivity index (χ2n) is 4.95. The van der Waals surface area contributed by atoms with Crippen LogP contribution in [0, 0.1) is 0 Å². The molecule has 1 aliphatic heterocycles. The van der Waals surface area contributed by atoms with Crippen molar-refractivity contribution in [3.63, 3.8) is 0 Å². The first-order chi connectivity index (χ1) is 8.75. The van der Waals surface area contributed by atoms with Crippen LogP contribution in [0.1, 0.15) is 29.6 Å². The van der Waals surface area contributed by atoms with Crippen LogP contribution in [0.3, 0.4) is 0 Å². The van der Waals surface area contributed by atoms with E-state index in [1.54, 1.807) is 24.3 Å². The van der Waals surface area contributed by atoms with E-state index in [1.807, 2.05) is 4.90 Å². The monoisotopic (exact) mass is 247 g/mol. The first-order valence-electron chi connectivity index (χ1n) is 6.47. The number of carbonyl (C=O) groups excluding carboxylic acids is 1. The number of rotatable bonds is 1. The first-order valence-corrected chi connectivity index (χ1v) is 6.47. The molecule has 1 heterocycles. The van der Waals surface area contributed by atoms with Crippen molar-refractivity contribution < 1.29 is 14.6 Å². The van der Waals surface area contributed by atoms with Gasteiger partial charge < -0.3 is 14.7 Å². The van der Waals surface area contributed by atoms with Gasteiger partial charge in [-0.3, -0.25) is 4.79 Å². The summed E-state index contributed by atoms with van der Waals surface area (Å²) in [6.45, 7) is 1.30. The van der Waals surface area contributed by atoms with E-state index in [-0.39, 0.29) is 23.8 Å². The molecule has 1 amide bonds. The van der Waals surface area contributed by atoms with Crippen LogP contribution in [-0.4, -0.2) is 41.2 Å². The molecule has 0 aromatic heterocycles. The van der Waals surface area contributed by atoms with Crippen molar-refractivity contribution in [2.24, 2.45) is 0 Å². The van der Waals surface area contributed by atoms with E-state index >= 15 is 0 Å². The molecule has 0 bridgehead atoms. The van der Waals surface area contributed by atoms with Gasteiger partial charge in [-0.2, -0.15) is 0 Å². The van der Waals surface area contributed by atoms with Gasteiger partial charge >= 0.3 is 0 Å². The number of amides is 1. The Bertz CT molecular complexity index is 443. The summed E-state index contributed by atoms with van der Waals surface area (Å²) in [4.78, 5) is 14.4. The van der Waals surface area contributed by atoms with Gasteiger partial charge in [-0.25, -0.2) is 0 Å². The lowest BCUT2D eigenvalue weighted by molar-refractivity contribution is -0.0445. The highest BCUT2D eigenvalue weighted by molar-refractivity contribution is 5.94. The maximum absolute atomic E-state index is 12.4. The second kappa shape index (κ2) is 4.61. The average Bonchev–Trinajstić information content (AvgIpc) is 2.87. The molecular weight excluding hydrogens is 230 g/mol. The third kappa shape index (κ3) is 1.97. The summed E-state index contributed by atoms with van der Waals surface area (Å²) in [6, 6.07) is 6.70. The van der Waals surface area contributed by atoms with Gasteiger partial charge in [0.2, 0.25) is 0 Å². The quantitative estimate of drug-likeness (QED) is 0.823. The van der Waals surface area contributed by atoms with Crippen molar-refractivity contribution in [2.75, 3.05) is 13.2 Å². The zero-order valence-electron chi connectivity index (χ0n) is 10.2. The van der Waals surface area contributed by atoms with Crippen LogP contribution in [0.4, 0.5) is 0 Å². The fourth-order valence-corrected chi connectivity index (χ4v) is 2.95. The Morgan fingerprint density at radius 1 is 1.28 bits per heavy atom. The maximum atomic E-state index is 12.4. The molecule has 4 heteroatoms. The number of hydrogen-bond acceptors (Lipinski definition) is 3. The van der Waals surface area contributed by atoms with Crippen molar-refractivity contribution in [3.8, 4) is 5.75 Å². The van der Waals surface area contributed by atoms with Crippen molar-refractivity contribution in [1.82, 2.24) is 4.90 Å². The lowest BCUT2D eigenvalue weighted by atomic mass is 10.1. The van der Waals surface area contributed by atoms with Gasteiger partial charge in [-0.05, 0) is 43.5 Å². The van der Waals surface area contributed by atoms with Crippen LogP contribution in [0.5, 0.6) is 5.75 Å². The largest absolute Gasteiger partial charge is 0.508 e. The number of phenolic OH excluding ortho intramolecular Hbond substituents is 1. The van der Waals surface area contributed by atoms with Crippen molar-refractivity contribution in [1.29, 1.82) is 0 Å². The van der Waals surface area contributed by atoms with Gasteiger partial charge in [-0.15, -0.1) is 0 Å². The molecule has 1 N–H and O–H groups in total. The van der Waals surface area contributed by atoms with E-state index in [2.05, 4.69) is 0 Å². The predicted octanol–water partition coefficient (Wildman–Crippen LogP) is 1.79. The molecule has 2 unspecified atom stereocenters. The summed E-state index contributed by atoms with van der Waals surface area (Å²) in [5.74, 6) is 0.238. The minimum absolute atomic E-state index is 0.0511. The molecule has 18 heavy (non-hydrogen) atoms. The van der Waals surface area contributed by atoms with E-state index in [0.717, 1.165) is 19.3 Å². The molecule has 2 fully saturated rings. The van der Waals surface area contributed by atoms with E-state index in [9.17, 15) is 9.90 Å². The number of aromatic hydroxyl groups is 1. The Hall–Kier alpha value is -1.55. The zero-order chi connectivity index (χ0) is 12.5. The van der Waals surface area contributed by atoms with Crippen LogP contribution in [0.15, 0.2) is 24.3 Å². The Morgan fingerprint density at radius 2 is 2.06 bits per heavy atom. The molecule has 0 spiro atoms. The topological polar surface area (TPSA) is 49.8 Å². The minimum atomic E-state index is 0.0511. The average molecular weight is 247 g/mol. The Kier molecular flexibility index (Phi) is 2.96. The summed E-state index contributed by atoms with van der Waals surface area (Å²) in [7, 11) is 0. The lowest BCUT2D eigenvalue weighted by Gasteiger charge is -2.37. The lowest BCUT2D eigenvalue weighted by Crippen LogP contribution is -2.51. The molecule has 0 radical (unpaired) electrons. The molecule has 4 nitrogen and oxygen atoms in total. The van der Waals surface area contributed by atoms with Crippen molar-refractivity contribution in [3.05, 3.63) is 29.8 Å². The number of phenols is 1. The van der Waals surface area contributed by atoms with Crippen LogP contribution in [0.2, 0.25) is 0 Å². The minimum Gasteiger partial charge on any atom is -0.508 e.